The Balaban J connectivity index is -0.000000282. The van der Waals surface area contributed by atoms with Gasteiger partial charge in [-0.2, -0.15) is 0 Å². The van der Waals surface area contributed by atoms with Crippen molar-refractivity contribution in [1.29, 1.82) is 0 Å². The normalized spacial score (nSPS) is 11.5. The standard InChI is InChI=1S/2C6H14O3.C3H8O3/c2*1-2-6(3-7,4-8)5-9;4-1-3(6)2-5/h2*7-9H,2-5H2,1H3;3-6H,1-2H2. The van der Waals surface area contributed by atoms with Crippen LogP contribution in [0, 0.1) is 10.8 Å². The molecule has 0 atom stereocenters. The minimum atomic E-state index is -0.954. The van der Waals surface area contributed by atoms with Crippen molar-refractivity contribution in [3.8, 4) is 0 Å². The summed E-state index contributed by atoms with van der Waals surface area (Å²) in [5.41, 5.74) is -1.33. The second kappa shape index (κ2) is 17.5. The first-order valence-electron chi connectivity index (χ1n) is 7.85. The van der Waals surface area contributed by atoms with E-state index in [1.165, 1.54) is 0 Å². The Bertz CT molecular complexity index is 184. The molecule has 0 spiro atoms. The Morgan fingerprint density at radius 2 is 0.750 bits per heavy atom. The number of aliphatic hydroxyl groups excluding tert-OH is 9. The average Bonchev–Trinajstić information content (AvgIpc) is 2.67. The fourth-order valence-electron chi connectivity index (χ4n) is 1.03. The van der Waals surface area contributed by atoms with Crippen LogP contribution < -0.4 is 0 Å². The number of hydrogen-bond acceptors (Lipinski definition) is 9. The van der Waals surface area contributed by atoms with E-state index in [0.29, 0.717) is 12.8 Å². The van der Waals surface area contributed by atoms with Gasteiger partial charge in [0.1, 0.15) is 6.10 Å². The SMILES string of the molecule is CCC(CO)(CO)CO.CCC(CO)(CO)CO.OCC(O)CO. The Hall–Kier alpha value is -0.360. The summed E-state index contributed by atoms with van der Waals surface area (Å²) in [4.78, 5) is 0. The minimum Gasteiger partial charge on any atom is -0.396 e. The van der Waals surface area contributed by atoms with E-state index in [2.05, 4.69) is 0 Å². The predicted molar refractivity (Wildman–Crippen MR) is 88.1 cm³/mol. The maximum Gasteiger partial charge on any atom is 0.100 e. The first-order chi connectivity index (χ1) is 11.3. The molecule has 0 aliphatic carbocycles. The molecule has 0 aliphatic rings. The third-order valence-electron chi connectivity index (χ3n) is 3.93. The van der Waals surface area contributed by atoms with Gasteiger partial charge < -0.3 is 46.0 Å². The van der Waals surface area contributed by atoms with E-state index < -0.39 is 16.9 Å². The fourth-order valence-corrected chi connectivity index (χ4v) is 1.03. The zero-order valence-electron chi connectivity index (χ0n) is 14.7. The summed E-state index contributed by atoms with van der Waals surface area (Å²) in [6.07, 6.45) is 0.234. The lowest BCUT2D eigenvalue weighted by Gasteiger charge is -2.24. The van der Waals surface area contributed by atoms with E-state index in [0.717, 1.165) is 0 Å². The molecule has 0 fully saturated rings. The highest BCUT2D eigenvalue weighted by Gasteiger charge is 2.25. The summed E-state index contributed by atoms with van der Waals surface area (Å²) in [5.74, 6) is 0. The lowest BCUT2D eigenvalue weighted by molar-refractivity contribution is 0.00275. The third kappa shape index (κ3) is 12.1. The summed E-state index contributed by atoms with van der Waals surface area (Å²) in [7, 11) is 0. The minimum absolute atomic E-state index is 0.156. The Morgan fingerprint density at radius 3 is 0.750 bits per heavy atom. The molecule has 0 radical (unpaired) electrons. The summed E-state index contributed by atoms with van der Waals surface area (Å²) in [6.45, 7) is 1.98. The maximum atomic E-state index is 8.66. The van der Waals surface area contributed by atoms with Gasteiger partial charge in [-0.25, -0.2) is 0 Å². The van der Waals surface area contributed by atoms with Gasteiger partial charge in [0.05, 0.1) is 52.9 Å². The molecule has 0 bridgehead atoms. The van der Waals surface area contributed by atoms with E-state index >= 15 is 0 Å². The van der Waals surface area contributed by atoms with Crippen LogP contribution in [0.4, 0.5) is 0 Å². The molecule has 0 aromatic carbocycles. The van der Waals surface area contributed by atoms with Crippen LogP contribution in [0.25, 0.3) is 0 Å². The summed E-state index contributed by atoms with van der Waals surface area (Å²) >= 11 is 0. The molecule has 24 heavy (non-hydrogen) atoms. The molecule has 0 saturated carbocycles. The molecule has 0 rings (SSSR count). The molecule has 9 nitrogen and oxygen atoms in total. The van der Waals surface area contributed by atoms with Crippen molar-refractivity contribution in [1.82, 2.24) is 0 Å². The number of aliphatic hydroxyl groups is 9. The monoisotopic (exact) mass is 360 g/mol. The van der Waals surface area contributed by atoms with E-state index in [4.69, 9.17) is 46.0 Å². The summed E-state index contributed by atoms with van der Waals surface area (Å²) in [5, 5.41) is 76.0. The fraction of sp³-hybridized carbons (Fsp3) is 1.00. The second-order valence-corrected chi connectivity index (χ2v) is 5.67. The van der Waals surface area contributed by atoms with Crippen LogP contribution in [-0.2, 0) is 0 Å². The molecule has 0 saturated heterocycles. The molecule has 9 N–H and O–H groups in total. The van der Waals surface area contributed by atoms with Crippen molar-refractivity contribution < 1.29 is 46.0 Å². The van der Waals surface area contributed by atoms with E-state index in [-0.39, 0.29) is 52.9 Å². The predicted octanol–water partition coefficient (Wildman–Crippen LogP) is -2.95. The molecule has 0 heterocycles. The quantitative estimate of drug-likeness (QED) is 0.197. The Morgan fingerprint density at radius 1 is 0.542 bits per heavy atom. The van der Waals surface area contributed by atoms with Gasteiger partial charge in [0.25, 0.3) is 0 Å². The van der Waals surface area contributed by atoms with Crippen molar-refractivity contribution in [3.63, 3.8) is 0 Å². The number of hydrogen-bond donors (Lipinski definition) is 9. The molecule has 0 aromatic rings. The van der Waals surface area contributed by atoms with Crippen LogP contribution in [0.15, 0.2) is 0 Å². The summed E-state index contributed by atoms with van der Waals surface area (Å²) in [6, 6.07) is 0. The highest BCUT2D eigenvalue weighted by molar-refractivity contribution is 4.74. The highest BCUT2D eigenvalue weighted by atomic mass is 16.3. The van der Waals surface area contributed by atoms with E-state index in [1.807, 2.05) is 13.8 Å². The van der Waals surface area contributed by atoms with Gasteiger partial charge in [-0.1, -0.05) is 13.8 Å². The van der Waals surface area contributed by atoms with Crippen molar-refractivity contribution in [2.24, 2.45) is 10.8 Å². The van der Waals surface area contributed by atoms with Crippen molar-refractivity contribution >= 4 is 0 Å². The molecule has 0 aliphatic heterocycles. The second-order valence-electron chi connectivity index (χ2n) is 5.67. The van der Waals surface area contributed by atoms with Gasteiger partial charge in [0, 0.05) is 10.8 Å². The average molecular weight is 360 g/mol. The summed E-state index contributed by atoms with van der Waals surface area (Å²) < 4.78 is 0. The topological polar surface area (TPSA) is 182 Å². The van der Waals surface area contributed by atoms with Crippen LogP contribution in [0.3, 0.4) is 0 Å². The van der Waals surface area contributed by atoms with Crippen molar-refractivity contribution in [3.05, 3.63) is 0 Å². The zero-order chi connectivity index (χ0) is 19.6. The molecule has 9 heteroatoms. The smallest absolute Gasteiger partial charge is 0.100 e. The number of rotatable bonds is 10. The van der Waals surface area contributed by atoms with Gasteiger partial charge in [0.15, 0.2) is 0 Å². The van der Waals surface area contributed by atoms with Crippen LogP contribution >= 0.6 is 0 Å². The first-order valence-corrected chi connectivity index (χ1v) is 7.85. The van der Waals surface area contributed by atoms with Gasteiger partial charge in [-0.15, -0.1) is 0 Å². The van der Waals surface area contributed by atoms with Crippen LogP contribution in [0.1, 0.15) is 26.7 Å². The van der Waals surface area contributed by atoms with Gasteiger partial charge >= 0.3 is 0 Å². The van der Waals surface area contributed by atoms with E-state index in [9.17, 15) is 0 Å². The molecule has 0 amide bonds. The van der Waals surface area contributed by atoms with E-state index in [1.54, 1.807) is 0 Å². The van der Waals surface area contributed by atoms with Gasteiger partial charge in [-0.3, -0.25) is 0 Å². The van der Waals surface area contributed by atoms with Crippen LogP contribution in [-0.4, -0.2) is 105 Å². The lowest BCUT2D eigenvalue weighted by Crippen LogP contribution is -2.32. The van der Waals surface area contributed by atoms with Crippen molar-refractivity contribution in [2.75, 3.05) is 52.9 Å². The van der Waals surface area contributed by atoms with Gasteiger partial charge in [0.2, 0.25) is 0 Å². The Kier molecular flexibility index (Phi) is 20.7. The van der Waals surface area contributed by atoms with Crippen LogP contribution in [0.5, 0.6) is 0 Å². The highest BCUT2D eigenvalue weighted by Crippen LogP contribution is 2.18. The molecular formula is C15H36O9. The zero-order valence-corrected chi connectivity index (χ0v) is 14.7. The van der Waals surface area contributed by atoms with Gasteiger partial charge in [-0.05, 0) is 12.8 Å². The third-order valence-corrected chi connectivity index (χ3v) is 3.93. The lowest BCUT2D eigenvalue weighted by atomic mass is 9.88. The van der Waals surface area contributed by atoms with Crippen LogP contribution in [0.2, 0.25) is 0 Å². The molecular weight excluding hydrogens is 324 g/mol. The maximum absolute atomic E-state index is 8.66. The Labute approximate surface area is 143 Å². The molecule has 0 aromatic heterocycles. The first kappa shape index (κ1) is 28.4. The largest absolute Gasteiger partial charge is 0.396 e. The molecule has 150 valence electrons. The molecule has 0 unspecified atom stereocenters. The van der Waals surface area contributed by atoms with Crippen molar-refractivity contribution in [2.45, 2.75) is 32.8 Å².